The Hall–Kier alpha value is -1.31. The first-order valence-corrected chi connectivity index (χ1v) is 13.6. The maximum Gasteiger partial charge on any atom is 1.00 e. The second-order valence-electron chi connectivity index (χ2n) is 7.29. The average Bonchev–Trinajstić information content (AvgIpc) is 2.99. The number of nitrogens with zero attached hydrogens (tertiary/aromatic N) is 1. The van der Waals surface area contributed by atoms with Crippen LogP contribution in [-0.2, 0) is 37.6 Å². The van der Waals surface area contributed by atoms with Gasteiger partial charge in [0.2, 0.25) is 5.91 Å². The van der Waals surface area contributed by atoms with Crippen LogP contribution in [0.5, 0.6) is 0 Å². The Morgan fingerprint density at radius 2 is 1.41 bits per heavy atom. The summed E-state index contributed by atoms with van der Waals surface area (Å²) in [6.45, 7) is 5.23. The first-order valence-electron chi connectivity index (χ1n) is 10.3. The van der Waals surface area contributed by atoms with Crippen molar-refractivity contribution in [2.45, 2.75) is 36.7 Å². The summed E-state index contributed by atoms with van der Waals surface area (Å²) >= 11 is 0. The van der Waals surface area contributed by atoms with Crippen LogP contribution in [0.1, 0.15) is 25.0 Å². The van der Waals surface area contributed by atoms with Crippen LogP contribution in [0.4, 0.5) is 0 Å². The van der Waals surface area contributed by atoms with E-state index in [0.717, 1.165) is 5.56 Å². The van der Waals surface area contributed by atoms with E-state index in [0.29, 0.717) is 35.0 Å². The molecular weight excluding hydrogens is 491 g/mol. The van der Waals surface area contributed by atoms with Gasteiger partial charge >= 0.3 is 29.6 Å². The quantitative estimate of drug-likeness (QED) is 0.385. The first-order chi connectivity index (χ1) is 15.1. The van der Waals surface area contributed by atoms with Gasteiger partial charge in [0.25, 0.3) is 0 Å². The van der Waals surface area contributed by atoms with Crippen LogP contribution in [0.3, 0.4) is 0 Å². The largest absolute Gasteiger partial charge is 1.00 e. The molecule has 0 saturated heterocycles. The number of aliphatic hydroxyl groups excluding tert-OH is 1. The van der Waals surface area contributed by atoms with Crippen LogP contribution in [0.15, 0.2) is 58.3 Å². The van der Waals surface area contributed by atoms with Crippen LogP contribution in [0.25, 0.3) is 0 Å². The Morgan fingerprint density at radius 3 is 1.97 bits per heavy atom. The number of benzene rings is 2. The molecular formula is C22H31N2NaO7S2. The number of sulfone groups is 2. The van der Waals surface area contributed by atoms with Crippen molar-refractivity contribution in [2.24, 2.45) is 0 Å². The monoisotopic (exact) mass is 522 g/mol. The molecule has 4 rings (SSSR count). The zero-order chi connectivity index (χ0) is 23.8. The summed E-state index contributed by atoms with van der Waals surface area (Å²) in [4.78, 5) is 13.7. The first kappa shape index (κ1) is 32.7. The van der Waals surface area contributed by atoms with Crippen LogP contribution in [0.2, 0.25) is 0 Å². The number of hydrogen-bond acceptors (Lipinski definition) is 8. The van der Waals surface area contributed by atoms with Crippen LogP contribution in [0, 0.1) is 0 Å². The van der Waals surface area contributed by atoms with E-state index in [1.807, 2.05) is 12.1 Å². The molecule has 0 bridgehead atoms. The molecule has 184 valence electrons. The second-order valence-corrected chi connectivity index (χ2v) is 11.4. The molecule has 0 fully saturated rings. The molecule has 0 spiro atoms. The maximum absolute atomic E-state index is 11.9. The number of amides is 1. The molecule has 0 aliphatic carbocycles. The number of carbonyl (C=O) groups excluding carboxylic acids is 1. The second kappa shape index (κ2) is 14.9. The molecule has 0 unspecified atom stereocenters. The van der Waals surface area contributed by atoms with Gasteiger partial charge in [0.1, 0.15) is 0 Å². The molecule has 3 N–H and O–H groups in total. The van der Waals surface area contributed by atoms with Gasteiger partial charge in [0, 0.05) is 39.7 Å². The third kappa shape index (κ3) is 9.04. The van der Waals surface area contributed by atoms with Crippen molar-refractivity contribution in [2.75, 3.05) is 31.2 Å². The third-order valence-corrected chi connectivity index (χ3v) is 8.51. The molecule has 12 heteroatoms. The molecule has 2 aliphatic rings. The van der Waals surface area contributed by atoms with Gasteiger partial charge in [-0.25, -0.2) is 16.8 Å². The number of fused-ring (bicyclic) bond motifs is 2. The minimum Gasteiger partial charge on any atom is -0.870 e. The van der Waals surface area contributed by atoms with Crippen molar-refractivity contribution < 1.29 is 61.8 Å². The Balaban J connectivity index is 0.000000553. The molecule has 2 aromatic rings. The molecule has 2 heterocycles. The molecule has 2 aliphatic heterocycles. The van der Waals surface area contributed by atoms with Crippen molar-refractivity contribution in [3.63, 3.8) is 0 Å². The zero-order valence-electron chi connectivity index (χ0n) is 19.8. The molecule has 9 nitrogen and oxygen atoms in total. The van der Waals surface area contributed by atoms with Gasteiger partial charge in [-0.1, -0.05) is 36.4 Å². The third-order valence-electron chi connectivity index (χ3n) is 4.91. The standard InChI is InChI=1S/C11H13NO3S.C9H11NO2S.C2H6O.Na.H2O/c1-9(13)12-6-7-16(14,15)11-5-3-2-4-10(11)8-12;11-13(12)6-5-10-7-8-3-1-2-4-9(8)13;1-2-3;;/h2-5H,6-8H2,1H3;1-4,10H,5-7H2;3H,2H2,1H3;;1H2/q;;;+1;/p-1. The number of rotatable bonds is 0. The van der Waals surface area contributed by atoms with E-state index in [2.05, 4.69) is 5.32 Å². The van der Waals surface area contributed by atoms with Gasteiger partial charge < -0.3 is 20.8 Å². The maximum atomic E-state index is 11.9. The summed E-state index contributed by atoms with van der Waals surface area (Å²) in [6, 6.07) is 14.0. The summed E-state index contributed by atoms with van der Waals surface area (Å²) in [5.41, 5.74) is 1.58. The van der Waals surface area contributed by atoms with E-state index in [4.69, 9.17) is 5.11 Å². The summed E-state index contributed by atoms with van der Waals surface area (Å²) < 4.78 is 47.2. The topological polar surface area (TPSA) is 151 Å². The van der Waals surface area contributed by atoms with E-state index in [-0.39, 0.29) is 65.6 Å². The Bertz CT molecular complexity index is 1140. The summed E-state index contributed by atoms with van der Waals surface area (Å²) in [5.74, 6) is 0.111. The Labute approximate surface area is 224 Å². The van der Waals surface area contributed by atoms with Gasteiger partial charge in [-0.15, -0.1) is 0 Å². The molecule has 2 aromatic carbocycles. The molecule has 1 amide bonds. The minimum atomic E-state index is -3.24. The SMILES string of the molecule is CC(=O)N1CCS(=O)(=O)c2ccccc2C1.CCO.O=S1(=O)CCNCc2ccccc21.[Na+].[OH-]. The summed E-state index contributed by atoms with van der Waals surface area (Å²) in [7, 11) is -6.28. The van der Waals surface area contributed by atoms with Crippen molar-refractivity contribution in [1.29, 1.82) is 0 Å². The van der Waals surface area contributed by atoms with Crippen molar-refractivity contribution in [3.8, 4) is 0 Å². The number of hydrogen-bond donors (Lipinski definition) is 2. The Morgan fingerprint density at radius 1 is 0.941 bits per heavy atom. The fourth-order valence-corrected chi connectivity index (χ4v) is 6.28. The van der Waals surface area contributed by atoms with Crippen LogP contribution < -0.4 is 34.9 Å². The van der Waals surface area contributed by atoms with Gasteiger partial charge in [0.05, 0.1) is 21.3 Å². The van der Waals surface area contributed by atoms with Gasteiger partial charge in [0.15, 0.2) is 19.7 Å². The van der Waals surface area contributed by atoms with E-state index in [9.17, 15) is 21.6 Å². The molecule has 0 saturated carbocycles. The van der Waals surface area contributed by atoms with E-state index in [1.165, 1.54) is 6.92 Å². The number of carbonyl (C=O) groups is 1. The van der Waals surface area contributed by atoms with Gasteiger partial charge in [-0.05, 0) is 30.2 Å². The van der Waals surface area contributed by atoms with Gasteiger partial charge in [-0.3, -0.25) is 4.79 Å². The van der Waals surface area contributed by atoms with Gasteiger partial charge in [-0.2, -0.15) is 0 Å². The minimum absolute atomic E-state index is 0. The Kier molecular flexibility index (Phi) is 14.4. The zero-order valence-corrected chi connectivity index (χ0v) is 23.4. The summed E-state index contributed by atoms with van der Waals surface area (Å²) in [5, 5.41) is 10.6. The smallest absolute Gasteiger partial charge is 0.870 e. The average molecular weight is 523 g/mol. The molecule has 34 heavy (non-hydrogen) atoms. The normalized spacial score (nSPS) is 17.1. The fraction of sp³-hybridized carbons (Fsp3) is 0.409. The number of aliphatic hydroxyl groups is 1. The van der Waals surface area contributed by atoms with E-state index in [1.54, 1.807) is 48.2 Å². The predicted molar refractivity (Wildman–Crippen MR) is 124 cm³/mol. The molecule has 0 radical (unpaired) electrons. The summed E-state index contributed by atoms with van der Waals surface area (Å²) in [6.07, 6.45) is 0. The molecule has 0 atom stereocenters. The van der Waals surface area contributed by atoms with Crippen LogP contribution >= 0.6 is 0 Å². The predicted octanol–water partition coefficient (Wildman–Crippen LogP) is -1.79. The van der Waals surface area contributed by atoms with E-state index >= 15 is 0 Å². The molecule has 0 aromatic heterocycles. The number of nitrogens with one attached hydrogen (secondary N) is 1. The fourth-order valence-electron chi connectivity index (χ4n) is 3.32. The van der Waals surface area contributed by atoms with Crippen LogP contribution in [-0.4, -0.2) is 69.4 Å². The van der Waals surface area contributed by atoms with Crippen molar-refractivity contribution in [3.05, 3.63) is 59.7 Å². The van der Waals surface area contributed by atoms with Crippen molar-refractivity contribution >= 4 is 25.6 Å². The van der Waals surface area contributed by atoms with Crippen molar-refractivity contribution in [1.82, 2.24) is 10.2 Å². The van der Waals surface area contributed by atoms with E-state index < -0.39 is 19.7 Å².